The molecule has 0 aromatic heterocycles. The maximum Gasteiger partial charge on any atom is 0.306 e. The fourth-order valence-corrected chi connectivity index (χ4v) is 8.41. The molecular weight excluding hydrogens is 803 g/mol. The molecule has 3 atom stereocenters. The van der Waals surface area contributed by atoms with Crippen molar-refractivity contribution in [3.05, 3.63) is 60.8 Å². The van der Waals surface area contributed by atoms with Gasteiger partial charge in [-0.2, -0.15) is 0 Å². The van der Waals surface area contributed by atoms with E-state index in [1.807, 2.05) is 0 Å². The molecule has 0 bridgehead atoms. The van der Waals surface area contributed by atoms with E-state index in [1.54, 1.807) is 0 Å². The highest BCUT2D eigenvalue weighted by molar-refractivity contribution is 5.77. The lowest BCUT2D eigenvalue weighted by atomic mass is 10.0. The molecule has 6 heteroatoms. The molecule has 3 N–H and O–H groups in total. The smallest absolute Gasteiger partial charge is 0.306 e. The summed E-state index contributed by atoms with van der Waals surface area (Å²) in [5, 5.41) is 23.8. The molecule has 0 saturated heterocycles. The van der Waals surface area contributed by atoms with Gasteiger partial charge in [-0.25, -0.2) is 0 Å². The lowest BCUT2D eigenvalue weighted by Gasteiger charge is -2.24. The Kier molecular flexibility index (Phi) is 50.6. The number of allylic oxidation sites excluding steroid dienone is 10. The van der Waals surface area contributed by atoms with Crippen molar-refractivity contribution in [3.8, 4) is 0 Å². The van der Waals surface area contributed by atoms with Crippen molar-refractivity contribution in [1.82, 2.24) is 5.32 Å². The Morgan fingerprint density at radius 2 is 0.831 bits per heavy atom. The van der Waals surface area contributed by atoms with Crippen molar-refractivity contribution in [2.45, 2.75) is 296 Å². The van der Waals surface area contributed by atoms with Crippen molar-refractivity contribution in [3.63, 3.8) is 0 Å². The van der Waals surface area contributed by atoms with E-state index >= 15 is 0 Å². The fourth-order valence-electron chi connectivity index (χ4n) is 8.41. The number of aliphatic hydroxyl groups is 2. The Morgan fingerprint density at radius 1 is 0.462 bits per heavy atom. The number of nitrogens with one attached hydrogen (secondary N) is 1. The van der Waals surface area contributed by atoms with E-state index in [-0.39, 0.29) is 24.9 Å². The van der Waals surface area contributed by atoms with Gasteiger partial charge in [0.05, 0.1) is 25.2 Å². The number of carbonyl (C=O) groups is 2. The first-order chi connectivity index (χ1) is 32.0. The van der Waals surface area contributed by atoms with Gasteiger partial charge in [0.1, 0.15) is 6.10 Å². The maximum atomic E-state index is 13.2. The highest BCUT2D eigenvalue weighted by atomic mass is 16.5. The van der Waals surface area contributed by atoms with Gasteiger partial charge in [-0.05, 0) is 64.2 Å². The number of aliphatic hydroxyl groups excluding tert-OH is 2. The van der Waals surface area contributed by atoms with Gasteiger partial charge in [0.2, 0.25) is 5.91 Å². The second-order valence-electron chi connectivity index (χ2n) is 19.0. The average molecular weight is 911 g/mol. The number of ether oxygens (including phenoxy) is 1. The Balaban J connectivity index is 4.66. The van der Waals surface area contributed by atoms with E-state index in [2.05, 4.69) is 86.8 Å². The molecular formula is C59H107NO5. The van der Waals surface area contributed by atoms with Crippen LogP contribution < -0.4 is 5.32 Å². The summed E-state index contributed by atoms with van der Waals surface area (Å²) in [6, 6.07) is -0.720. The zero-order chi connectivity index (χ0) is 47.4. The summed E-state index contributed by atoms with van der Waals surface area (Å²) in [7, 11) is 0. The molecule has 0 aliphatic carbocycles. The van der Waals surface area contributed by atoms with Crippen LogP contribution in [0.1, 0.15) is 278 Å². The predicted octanol–water partition coefficient (Wildman–Crippen LogP) is 17.2. The van der Waals surface area contributed by atoms with Crippen LogP contribution in [-0.2, 0) is 14.3 Å². The summed E-state index contributed by atoms with van der Waals surface area (Å²) in [6.07, 6.45) is 65.7. The number of rotatable bonds is 50. The Hall–Kier alpha value is -2.44. The quantitative estimate of drug-likeness (QED) is 0.0321. The number of esters is 1. The molecule has 378 valence electrons. The van der Waals surface area contributed by atoms with Gasteiger partial charge in [0.25, 0.3) is 0 Å². The van der Waals surface area contributed by atoms with Gasteiger partial charge >= 0.3 is 5.97 Å². The summed E-state index contributed by atoms with van der Waals surface area (Å²) in [5.41, 5.74) is 0. The standard InChI is InChI=1S/C59H107NO5/c1-4-7-10-13-16-19-22-25-28-29-31-32-35-38-41-44-47-50-55(65-59(64)52-49-46-43-40-37-34-30-26-23-20-17-14-11-8-5-2)53-58(63)60-56(54-61)57(62)51-48-45-42-39-36-33-27-24-21-18-15-12-9-6-3/h7,10,16,19,25,28,31-32,38,41,55-57,61-62H,4-6,8-9,11-15,17-18,20-24,26-27,29-30,33-37,39-40,42-54H2,1-3H3,(H,60,63)/b10-7-,19-16-,28-25-,32-31-,41-38-. The van der Waals surface area contributed by atoms with Gasteiger partial charge < -0.3 is 20.3 Å². The fraction of sp³-hybridized carbons (Fsp3) is 0.797. The van der Waals surface area contributed by atoms with E-state index < -0.39 is 18.2 Å². The molecule has 0 aliphatic rings. The third-order valence-corrected chi connectivity index (χ3v) is 12.6. The second kappa shape index (κ2) is 52.5. The van der Waals surface area contributed by atoms with E-state index in [1.165, 1.54) is 148 Å². The van der Waals surface area contributed by atoms with Gasteiger partial charge in [-0.1, -0.05) is 261 Å². The van der Waals surface area contributed by atoms with Crippen molar-refractivity contribution in [1.29, 1.82) is 0 Å². The summed E-state index contributed by atoms with van der Waals surface area (Å²) >= 11 is 0. The molecule has 0 fully saturated rings. The maximum absolute atomic E-state index is 13.2. The predicted molar refractivity (Wildman–Crippen MR) is 282 cm³/mol. The number of carbonyl (C=O) groups excluding carboxylic acids is 2. The Labute approximate surface area is 403 Å². The molecule has 0 heterocycles. The first-order valence-electron chi connectivity index (χ1n) is 28.0. The number of hydrogen-bond acceptors (Lipinski definition) is 5. The Morgan fingerprint density at radius 3 is 1.23 bits per heavy atom. The van der Waals surface area contributed by atoms with Crippen LogP contribution in [0.4, 0.5) is 0 Å². The average Bonchev–Trinajstić information content (AvgIpc) is 3.30. The minimum absolute atomic E-state index is 0.0400. The highest BCUT2D eigenvalue weighted by Crippen LogP contribution is 2.18. The van der Waals surface area contributed by atoms with Crippen LogP contribution >= 0.6 is 0 Å². The van der Waals surface area contributed by atoms with Gasteiger partial charge in [-0.3, -0.25) is 9.59 Å². The van der Waals surface area contributed by atoms with Gasteiger partial charge in [0.15, 0.2) is 0 Å². The molecule has 0 rings (SSSR count). The molecule has 0 aromatic carbocycles. The molecule has 1 amide bonds. The largest absolute Gasteiger partial charge is 0.462 e. The van der Waals surface area contributed by atoms with Crippen molar-refractivity contribution < 1.29 is 24.5 Å². The SMILES string of the molecule is CC/C=C\C/C=C\C/C=C\C/C=C\C/C=C\CCCC(CC(=O)NC(CO)C(O)CCCCCCCCCCCCCCCC)OC(=O)CCCCCCCCCCCCCCCCC. The molecule has 0 saturated carbocycles. The molecule has 6 nitrogen and oxygen atoms in total. The Bertz CT molecular complexity index is 1160. The van der Waals surface area contributed by atoms with Crippen LogP contribution in [0.2, 0.25) is 0 Å². The summed E-state index contributed by atoms with van der Waals surface area (Å²) in [6.45, 7) is 6.38. The number of amides is 1. The molecule has 0 aromatic rings. The molecule has 0 aliphatic heterocycles. The van der Waals surface area contributed by atoms with Crippen LogP contribution in [0.3, 0.4) is 0 Å². The zero-order valence-electron chi connectivity index (χ0n) is 43.1. The van der Waals surface area contributed by atoms with Gasteiger partial charge in [-0.15, -0.1) is 0 Å². The number of unbranched alkanes of at least 4 members (excludes halogenated alkanes) is 28. The second-order valence-corrected chi connectivity index (χ2v) is 19.0. The van der Waals surface area contributed by atoms with E-state index in [4.69, 9.17) is 4.74 Å². The number of hydrogen-bond donors (Lipinski definition) is 3. The topological polar surface area (TPSA) is 95.9 Å². The first-order valence-corrected chi connectivity index (χ1v) is 28.0. The highest BCUT2D eigenvalue weighted by Gasteiger charge is 2.24. The molecule has 3 unspecified atom stereocenters. The van der Waals surface area contributed by atoms with Crippen LogP contribution in [0.25, 0.3) is 0 Å². The first kappa shape index (κ1) is 62.6. The summed E-state index contributed by atoms with van der Waals surface area (Å²) < 4.78 is 5.93. The van der Waals surface area contributed by atoms with Gasteiger partial charge in [0, 0.05) is 6.42 Å². The van der Waals surface area contributed by atoms with E-state index in [0.717, 1.165) is 83.5 Å². The van der Waals surface area contributed by atoms with Crippen LogP contribution in [0.5, 0.6) is 0 Å². The molecule has 0 spiro atoms. The minimum atomic E-state index is -0.803. The van der Waals surface area contributed by atoms with Crippen LogP contribution in [0, 0.1) is 0 Å². The normalized spacial score (nSPS) is 13.6. The van der Waals surface area contributed by atoms with E-state index in [0.29, 0.717) is 19.3 Å². The van der Waals surface area contributed by atoms with Crippen LogP contribution in [0.15, 0.2) is 60.8 Å². The monoisotopic (exact) mass is 910 g/mol. The van der Waals surface area contributed by atoms with Crippen LogP contribution in [-0.4, -0.2) is 46.9 Å². The zero-order valence-corrected chi connectivity index (χ0v) is 43.1. The molecule has 65 heavy (non-hydrogen) atoms. The molecule has 0 radical (unpaired) electrons. The van der Waals surface area contributed by atoms with Crippen molar-refractivity contribution in [2.24, 2.45) is 0 Å². The van der Waals surface area contributed by atoms with Crippen molar-refractivity contribution in [2.75, 3.05) is 6.61 Å². The minimum Gasteiger partial charge on any atom is -0.462 e. The lowest BCUT2D eigenvalue weighted by molar-refractivity contribution is -0.151. The third kappa shape index (κ3) is 47.8. The van der Waals surface area contributed by atoms with Crippen molar-refractivity contribution >= 4 is 11.9 Å². The third-order valence-electron chi connectivity index (χ3n) is 12.6. The summed E-state index contributed by atoms with van der Waals surface area (Å²) in [4.78, 5) is 26.2. The van der Waals surface area contributed by atoms with E-state index in [9.17, 15) is 19.8 Å². The lowest BCUT2D eigenvalue weighted by Crippen LogP contribution is -2.46. The summed E-state index contributed by atoms with van der Waals surface area (Å²) in [5.74, 6) is -0.521.